The van der Waals surface area contributed by atoms with Crippen molar-refractivity contribution in [2.75, 3.05) is 10.6 Å². The molecule has 0 spiro atoms. The molecule has 0 saturated heterocycles. The van der Waals surface area contributed by atoms with E-state index in [1.165, 1.54) is 0 Å². The molecular formula is C17H18N4O2. The van der Waals surface area contributed by atoms with Gasteiger partial charge in [-0.15, -0.1) is 0 Å². The van der Waals surface area contributed by atoms with Crippen molar-refractivity contribution in [1.29, 1.82) is 5.26 Å². The third kappa shape index (κ3) is 5.00. The number of ether oxygens (including phenoxy) is 1. The van der Waals surface area contributed by atoms with Crippen molar-refractivity contribution in [2.24, 2.45) is 0 Å². The van der Waals surface area contributed by atoms with Gasteiger partial charge >= 0.3 is 6.09 Å². The summed E-state index contributed by atoms with van der Waals surface area (Å²) in [5.41, 5.74) is 1.39. The number of nitrogens with zero attached hydrogens (tertiary/aromatic N) is 2. The van der Waals surface area contributed by atoms with Gasteiger partial charge in [-0.2, -0.15) is 5.26 Å². The fourth-order valence-corrected chi connectivity index (χ4v) is 1.80. The Bertz CT molecular complexity index is 727. The number of nitriles is 1. The molecule has 0 atom stereocenters. The molecule has 6 nitrogen and oxygen atoms in total. The summed E-state index contributed by atoms with van der Waals surface area (Å²) >= 11 is 0. The molecule has 1 amide bonds. The molecule has 0 aliphatic rings. The Labute approximate surface area is 135 Å². The molecule has 0 aliphatic carbocycles. The van der Waals surface area contributed by atoms with Gasteiger partial charge in [0, 0.05) is 0 Å². The van der Waals surface area contributed by atoms with Gasteiger partial charge in [-0.1, -0.05) is 12.1 Å². The molecule has 1 aromatic heterocycles. The molecule has 6 heteroatoms. The SMILES string of the molecule is CC(C)(C)OC(=O)Nc1ccc(Nc2ccccc2C#N)cn1. The molecule has 0 bridgehead atoms. The van der Waals surface area contributed by atoms with E-state index in [9.17, 15) is 4.79 Å². The standard InChI is InChI=1S/C17H18N4O2/c1-17(2,3)23-16(22)21-15-9-8-13(11-19-15)20-14-7-5-4-6-12(14)10-18/h4-9,11,20H,1-3H3,(H,19,21,22). The van der Waals surface area contributed by atoms with Crippen molar-refractivity contribution in [3.05, 3.63) is 48.2 Å². The van der Waals surface area contributed by atoms with Crippen LogP contribution in [0.1, 0.15) is 26.3 Å². The summed E-state index contributed by atoms with van der Waals surface area (Å²) in [5, 5.41) is 14.7. The first-order valence-corrected chi connectivity index (χ1v) is 7.09. The first-order valence-electron chi connectivity index (χ1n) is 7.09. The average Bonchev–Trinajstić information content (AvgIpc) is 2.48. The molecule has 23 heavy (non-hydrogen) atoms. The summed E-state index contributed by atoms with van der Waals surface area (Å²) in [4.78, 5) is 15.8. The first kappa shape index (κ1) is 16.3. The second-order valence-corrected chi connectivity index (χ2v) is 5.84. The molecule has 0 unspecified atom stereocenters. The lowest BCUT2D eigenvalue weighted by Gasteiger charge is -2.19. The third-order valence-corrected chi connectivity index (χ3v) is 2.72. The maximum atomic E-state index is 11.7. The smallest absolute Gasteiger partial charge is 0.413 e. The zero-order valence-electron chi connectivity index (χ0n) is 13.3. The van der Waals surface area contributed by atoms with Crippen LogP contribution in [-0.2, 0) is 4.74 Å². The minimum atomic E-state index is -0.563. The second-order valence-electron chi connectivity index (χ2n) is 5.84. The van der Waals surface area contributed by atoms with E-state index in [2.05, 4.69) is 21.7 Å². The van der Waals surface area contributed by atoms with Gasteiger partial charge in [0.2, 0.25) is 0 Å². The minimum Gasteiger partial charge on any atom is -0.444 e. The van der Waals surface area contributed by atoms with E-state index in [-0.39, 0.29) is 0 Å². The average molecular weight is 310 g/mol. The van der Waals surface area contributed by atoms with E-state index in [4.69, 9.17) is 10.00 Å². The number of anilines is 3. The molecule has 2 N–H and O–H groups in total. The van der Waals surface area contributed by atoms with Gasteiger partial charge in [0.1, 0.15) is 17.5 Å². The number of pyridine rings is 1. The van der Waals surface area contributed by atoms with Gasteiger partial charge in [-0.3, -0.25) is 5.32 Å². The van der Waals surface area contributed by atoms with E-state index in [0.717, 1.165) is 0 Å². The first-order chi connectivity index (χ1) is 10.9. The Hall–Kier alpha value is -3.07. The van der Waals surface area contributed by atoms with Crippen molar-refractivity contribution in [1.82, 2.24) is 4.98 Å². The summed E-state index contributed by atoms with van der Waals surface area (Å²) < 4.78 is 5.16. The van der Waals surface area contributed by atoms with Gasteiger partial charge in [-0.25, -0.2) is 9.78 Å². The Morgan fingerprint density at radius 2 is 1.96 bits per heavy atom. The highest BCUT2D eigenvalue weighted by Crippen LogP contribution is 2.20. The molecule has 2 aromatic rings. The number of hydrogen-bond donors (Lipinski definition) is 2. The topological polar surface area (TPSA) is 87.0 Å². The number of carbonyl (C=O) groups is 1. The molecule has 2 rings (SSSR count). The zero-order chi connectivity index (χ0) is 16.9. The van der Waals surface area contributed by atoms with Gasteiger partial charge in [0.15, 0.2) is 0 Å². The van der Waals surface area contributed by atoms with Crippen LogP contribution in [0.25, 0.3) is 0 Å². The number of rotatable bonds is 3. The fraction of sp³-hybridized carbons (Fsp3) is 0.235. The highest BCUT2D eigenvalue weighted by Gasteiger charge is 2.16. The summed E-state index contributed by atoms with van der Waals surface area (Å²) in [6.45, 7) is 5.37. The number of hydrogen-bond acceptors (Lipinski definition) is 5. The second kappa shape index (κ2) is 6.79. The molecule has 0 radical (unpaired) electrons. The predicted molar refractivity (Wildman–Crippen MR) is 88.5 cm³/mol. The molecule has 0 aliphatic heterocycles. The van der Waals surface area contributed by atoms with E-state index in [1.54, 1.807) is 51.2 Å². The molecule has 0 fully saturated rings. The van der Waals surface area contributed by atoms with Crippen LogP contribution in [0.2, 0.25) is 0 Å². The van der Waals surface area contributed by atoms with Gasteiger partial charge in [-0.05, 0) is 45.0 Å². The largest absolute Gasteiger partial charge is 0.444 e. The van der Waals surface area contributed by atoms with Crippen LogP contribution in [-0.4, -0.2) is 16.7 Å². The maximum Gasteiger partial charge on any atom is 0.413 e. The molecule has 1 heterocycles. The Balaban J connectivity index is 2.03. The Morgan fingerprint density at radius 3 is 2.57 bits per heavy atom. The van der Waals surface area contributed by atoms with E-state index in [0.29, 0.717) is 22.8 Å². The van der Waals surface area contributed by atoms with Crippen molar-refractivity contribution < 1.29 is 9.53 Å². The Kier molecular flexibility index (Phi) is 4.82. The van der Waals surface area contributed by atoms with Crippen LogP contribution in [0.5, 0.6) is 0 Å². The van der Waals surface area contributed by atoms with E-state index in [1.807, 2.05) is 12.1 Å². The lowest BCUT2D eigenvalue weighted by Crippen LogP contribution is -2.27. The van der Waals surface area contributed by atoms with Crippen molar-refractivity contribution >= 4 is 23.3 Å². The predicted octanol–water partition coefficient (Wildman–Crippen LogP) is 4.04. The molecule has 118 valence electrons. The number of para-hydroxylation sites is 1. The summed E-state index contributed by atoms with van der Waals surface area (Å²) in [7, 11) is 0. The lowest BCUT2D eigenvalue weighted by atomic mass is 10.2. The highest BCUT2D eigenvalue weighted by atomic mass is 16.6. The van der Waals surface area contributed by atoms with Crippen LogP contribution in [0, 0.1) is 11.3 Å². The van der Waals surface area contributed by atoms with Crippen molar-refractivity contribution in [3.8, 4) is 6.07 Å². The lowest BCUT2D eigenvalue weighted by molar-refractivity contribution is 0.0635. The number of nitrogens with one attached hydrogen (secondary N) is 2. The monoisotopic (exact) mass is 310 g/mol. The fourth-order valence-electron chi connectivity index (χ4n) is 1.80. The van der Waals surface area contributed by atoms with Gasteiger partial charge in [0.25, 0.3) is 0 Å². The third-order valence-electron chi connectivity index (χ3n) is 2.72. The summed E-state index contributed by atoms with van der Waals surface area (Å²) in [6, 6.07) is 12.7. The normalized spacial score (nSPS) is 10.5. The van der Waals surface area contributed by atoms with Crippen LogP contribution in [0.15, 0.2) is 42.6 Å². The summed E-state index contributed by atoms with van der Waals surface area (Å²) in [5.74, 6) is 0.387. The summed E-state index contributed by atoms with van der Waals surface area (Å²) in [6.07, 6.45) is 1.02. The number of benzene rings is 1. The Morgan fingerprint density at radius 1 is 1.22 bits per heavy atom. The molecule has 1 aromatic carbocycles. The van der Waals surface area contributed by atoms with E-state index < -0.39 is 11.7 Å². The van der Waals surface area contributed by atoms with E-state index >= 15 is 0 Å². The number of aromatic nitrogens is 1. The van der Waals surface area contributed by atoms with Gasteiger partial charge < -0.3 is 10.1 Å². The van der Waals surface area contributed by atoms with Crippen molar-refractivity contribution in [3.63, 3.8) is 0 Å². The molecule has 0 saturated carbocycles. The van der Waals surface area contributed by atoms with Crippen LogP contribution >= 0.6 is 0 Å². The maximum absolute atomic E-state index is 11.7. The van der Waals surface area contributed by atoms with Crippen LogP contribution in [0.3, 0.4) is 0 Å². The quantitative estimate of drug-likeness (QED) is 0.893. The number of carbonyl (C=O) groups excluding carboxylic acids is 1. The van der Waals surface area contributed by atoms with Crippen molar-refractivity contribution in [2.45, 2.75) is 26.4 Å². The van der Waals surface area contributed by atoms with Gasteiger partial charge in [0.05, 0.1) is 23.1 Å². The minimum absolute atomic E-state index is 0.387. The molecular weight excluding hydrogens is 292 g/mol. The van der Waals surface area contributed by atoms with Crippen LogP contribution in [0.4, 0.5) is 22.0 Å². The number of amides is 1. The highest BCUT2D eigenvalue weighted by molar-refractivity contribution is 5.83. The zero-order valence-corrected chi connectivity index (χ0v) is 13.3. The van der Waals surface area contributed by atoms with Crippen LogP contribution < -0.4 is 10.6 Å².